The Morgan fingerprint density at radius 3 is 1.15 bits per heavy atom. The second kappa shape index (κ2) is 25.5. The van der Waals surface area contributed by atoms with Crippen LogP contribution in [0.1, 0.15) is 326 Å². The SMILES string of the molecule is CC[C@]12CC[C@@H](C)C[C@@H]1CC[C@@H]1[C@@H]2CC[C@]2(C)/C(=N/O)CC[C@@H]12.CC[C@]12CC[C@@H](C)C[C@@H]1CC[C@@H]1[C@@H]2CC[C@]2(C)C(=O)CC[C@@H]12.CC[C@]12CC[C@@H](O)C[C@@H]1CC[C@@H]1[C@@H]2CC[C@]2(C)C(=O)CC[C@@H]12.CC[C@]12CC[C@@H](O)C[C@@H]1CC[C@H]1[C@@H]3CC[C@H]([N+](=O)[O-])[C@@]3(C)CC[C@@H]12. The first kappa shape index (κ1) is 67.7. The molecule has 9 nitrogen and oxygen atoms in total. The summed E-state index contributed by atoms with van der Waals surface area (Å²) in [4.78, 5) is 36.5. The summed E-state index contributed by atoms with van der Waals surface area (Å²) in [6, 6.07) is -0.313. The van der Waals surface area contributed by atoms with E-state index in [4.69, 9.17) is 0 Å². The number of aliphatic hydroxyl groups is 2. The van der Waals surface area contributed by atoms with Gasteiger partial charge in [-0.1, -0.05) is 87.2 Å². The zero-order valence-electron chi connectivity index (χ0n) is 59.8. The third-order valence-electron chi connectivity index (χ3n) is 36.0. The number of carbonyl (C=O) groups excluding carboxylic acids is 2. The monoisotopic (exact) mass is 1260 g/mol. The number of hydrogen-bond acceptors (Lipinski definition) is 8. The van der Waals surface area contributed by atoms with E-state index in [1.54, 1.807) is 0 Å². The van der Waals surface area contributed by atoms with Crippen molar-refractivity contribution in [3.05, 3.63) is 10.1 Å². The minimum atomic E-state index is -0.313. The van der Waals surface area contributed by atoms with Crippen molar-refractivity contribution < 1.29 is 29.9 Å². The van der Waals surface area contributed by atoms with Gasteiger partial charge in [-0.2, -0.15) is 0 Å². The van der Waals surface area contributed by atoms with Crippen LogP contribution in [0.2, 0.25) is 0 Å². The summed E-state index contributed by atoms with van der Waals surface area (Å²) in [5.74, 6) is 15.9. The van der Waals surface area contributed by atoms with E-state index >= 15 is 0 Å². The number of hydrogen-bond donors (Lipinski definition) is 3. The second-order valence-corrected chi connectivity index (χ2v) is 37.9. The molecule has 16 fully saturated rings. The van der Waals surface area contributed by atoms with E-state index in [0.29, 0.717) is 56.9 Å². The molecule has 16 aliphatic rings. The predicted octanol–water partition coefficient (Wildman–Crippen LogP) is 20.3. The highest BCUT2D eigenvalue weighted by atomic mass is 16.6. The molecule has 0 unspecified atom stereocenters. The van der Waals surface area contributed by atoms with Crippen molar-refractivity contribution in [1.29, 1.82) is 0 Å². The number of ketones is 2. The summed E-state index contributed by atoms with van der Waals surface area (Å²) in [7, 11) is 0. The van der Waals surface area contributed by atoms with E-state index in [1.165, 1.54) is 180 Å². The zero-order valence-corrected chi connectivity index (χ0v) is 59.8. The first-order chi connectivity index (χ1) is 43.5. The molecule has 29 atom stereocenters. The van der Waals surface area contributed by atoms with Crippen LogP contribution in [0, 0.1) is 160 Å². The number of carbonyl (C=O) groups is 2. The average Bonchev–Trinajstić information content (AvgIpc) is 1.73. The number of nitrogens with zero attached hydrogens (tertiary/aromatic N) is 2. The Kier molecular flexibility index (Phi) is 18.9. The predicted molar refractivity (Wildman–Crippen MR) is 366 cm³/mol. The van der Waals surface area contributed by atoms with E-state index in [9.17, 15) is 35.1 Å². The standard InChI is InChI=1S/C21H35NO.C21H34O.C20H33NO3.C20H32O2/c1-4-21-12-9-14(2)13-15(21)5-6-16-17-7-8-19(22-23)20(17,3)11-10-18(16)21;1-4-21-12-9-14(2)13-15(21)5-6-16-17-7-8-19(22)20(17,3)11-10-18(16)21;1-3-20-11-8-14(22)12-13(20)4-5-15-16-6-7-18(21(23)24)19(16,2)10-9-17(15)20;1-3-20-11-8-14(21)12-13(20)4-5-15-16-6-7-18(22)19(16,2)10-9-17(15)20/h14-18,23H,4-13H2,1-3H3;14-18H,4-13H2,1-3H3;13-18,22H,3-12H2,1-2H3;13-17,21H,3-12H2,1-2H3/b22-19+;;;/t2*14-,15+,16+,17+,18+,20+,21+;13-,14+,15-,16-,17-,18-,19-,20-;13-,14+,15-,16-,17-,19-,20-/m1100/s1. The largest absolute Gasteiger partial charge is 0.411 e. The van der Waals surface area contributed by atoms with Gasteiger partial charge in [0.2, 0.25) is 6.04 Å². The molecule has 0 amide bonds. The average molecular weight is 1260 g/mol. The molecule has 0 aromatic rings. The van der Waals surface area contributed by atoms with Gasteiger partial charge in [0, 0.05) is 45.8 Å². The third-order valence-corrected chi connectivity index (χ3v) is 36.0. The minimum Gasteiger partial charge on any atom is -0.411 e. The maximum Gasteiger partial charge on any atom is 0.218 e. The van der Waals surface area contributed by atoms with Crippen LogP contribution in [-0.4, -0.2) is 55.9 Å². The van der Waals surface area contributed by atoms with Crippen LogP contribution in [0.5, 0.6) is 0 Å². The van der Waals surface area contributed by atoms with Crippen molar-refractivity contribution in [3.63, 3.8) is 0 Å². The van der Waals surface area contributed by atoms with E-state index in [2.05, 4.69) is 74.4 Å². The molecule has 3 N–H and O–H groups in total. The van der Waals surface area contributed by atoms with E-state index in [-0.39, 0.29) is 44.8 Å². The fourth-order valence-electron chi connectivity index (χ4n) is 31.2. The topological polar surface area (TPSA) is 150 Å². The van der Waals surface area contributed by atoms with Gasteiger partial charge in [-0.05, 0) is 353 Å². The molecule has 0 spiro atoms. The van der Waals surface area contributed by atoms with Gasteiger partial charge >= 0.3 is 0 Å². The zero-order chi connectivity index (χ0) is 64.4. The smallest absolute Gasteiger partial charge is 0.218 e. The van der Waals surface area contributed by atoms with E-state index in [1.807, 2.05) is 0 Å². The molecular weight excluding hydrogens is 1120 g/mol. The summed E-state index contributed by atoms with van der Waals surface area (Å²) >= 11 is 0. The van der Waals surface area contributed by atoms with Crippen LogP contribution >= 0.6 is 0 Å². The molecule has 0 aliphatic heterocycles. The first-order valence-corrected chi connectivity index (χ1v) is 40.3. The molecule has 0 aromatic carbocycles. The van der Waals surface area contributed by atoms with Crippen LogP contribution in [-0.2, 0) is 9.59 Å². The maximum atomic E-state index is 12.5. The van der Waals surface area contributed by atoms with Crippen molar-refractivity contribution in [2.75, 3.05) is 0 Å². The van der Waals surface area contributed by atoms with Crippen molar-refractivity contribution in [2.45, 2.75) is 344 Å². The quantitative estimate of drug-likeness (QED) is 0.141. The van der Waals surface area contributed by atoms with Gasteiger partial charge in [0.1, 0.15) is 11.6 Å². The lowest BCUT2D eigenvalue weighted by Gasteiger charge is -2.61. The Bertz CT molecular complexity index is 2590. The lowest BCUT2D eigenvalue weighted by Crippen LogP contribution is -2.55. The lowest BCUT2D eigenvalue weighted by atomic mass is 9.43. The molecule has 0 saturated heterocycles. The Balaban J connectivity index is 0.000000111. The maximum absolute atomic E-state index is 12.5. The summed E-state index contributed by atoms with van der Waals surface area (Å²) in [5.41, 5.74) is 3.51. The minimum absolute atomic E-state index is 0.0110. The van der Waals surface area contributed by atoms with E-state index < -0.39 is 0 Å². The highest BCUT2D eigenvalue weighted by Crippen LogP contribution is 2.72. The van der Waals surface area contributed by atoms with Crippen LogP contribution in [0.3, 0.4) is 0 Å². The molecule has 9 heteroatoms. The van der Waals surface area contributed by atoms with Gasteiger partial charge in [-0.15, -0.1) is 0 Å². The van der Waals surface area contributed by atoms with Gasteiger partial charge in [0.05, 0.1) is 17.9 Å². The van der Waals surface area contributed by atoms with Crippen LogP contribution in [0.4, 0.5) is 0 Å². The van der Waals surface area contributed by atoms with Crippen LogP contribution < -0.4 is 0 Å². The molecule has 16 rings (SSSR count). The normalized spacial score (nSPS) is 54.3. The van der Waals surface area contributed by atoms with Crippen molar-refractivity contribution >= 4 is 17.3 Å². The van der Waals surface area contributed by atoms with Crippen LogP contribution in [0.15, 0.2) is 5.16 Å². The molecule has 0 heterocycles. The number of aliphatic hydroxyl groups excluding tert-OH is 2. The summed E-state index contributed by atoms with van der Waals surface area (Å²) in [6.45, 7) is 23.9. The van der Waals surface area contributed by atoms with Gasteiger partial charge in [0.15, 0.2) is 0 Å². The Hall–Kier alpha value is -1.87. The summed E-state index contributed by atoms with van der Waals surface area (Å²) < 4.78 is 0. The number of oxime groups is 1. The van der Waals surface area contributed by atoms with Gasteiger partial charge in [0.25, 0.3) is 0 Å². The first-order valence-electron chi connectivity index (χ1n) is 40.3. The molecule has 0 aromatic heterocycles. The molecular formula is C82H134N2O7. The van der Waals surface area contributed by atoms with Crippen molar-refractivity contribution in [1.82, 2.24) is 0 Å². The van der Waals surface area contributed by atoms with Gasteiger partial charge in [-0.3, -0.25) is 19.7 Å². The van der Waals surface area contributed by atoms with Crippen LogP contribution in [0.25, 0.3) is 0 Å². The molecule has 514 valence electrons. The van der Waals surface area contributed by atoms with E-state index in [0.717, 1.165) is 166 Å². The number of Topliss-reactive ketones (excluding diaryl/α,β-unsaturated/α-hetero) is 2. The molecule has 16 aliphatic carbocycles. The molecule has 0 bridgehead atoms. The highest BCUT2D eigenvalue weighted by molar-refractivity contribution is 5.92. The molecule has 16 saturated carbocycles. The Labute approximate surface area is 553 Å². The summed E-state index contributed by atoms with van der Waals surface area (Å²) in [6.07, 6.45) is 49.4. The molecule has 0 radical (unpaired) electrons. The highest BCUT2D eigenvalue weighted by Gasteiger charge is 2.67. The van der Waals surface area contributed by atoms with Crippen molar-refractivity contribution in [2.24, 2.45) is 155 Å². The van der Waals surface area contributed by atoms with Crippen molar-refractivity contribution in [3.8, 4) is 0 Å². The number of fused-ring (bicyclic) bond motifs is 20. The number of nitro groups is 1. The second-order valence-electron chi connectivity index (χ2n) is 37.9. The fraction of sp³-hybridized carbons (Fsp3) is 0.963. The fourth-order valence-corrected chi connectivity index (χ4v) is 31.2. The lowest BCUT2D eigenvalue weighted by molar-refractivity contribution is -0.540. The third kappa shape index (κ3) is 10.6. The molecule has 91 heavy (non-hydrogen) atoms. The number of rotatable bonds is 5. The Morgan fingerprint density at radius 2 is 0.758 bits per heavy atom. The Morgan fingerprint density at radius 1 is 0.407 bits per heavy atom. The summed E-state index contributed by atoms with van der Waals surface area (Å²) in [5, 5.41) is 45.1. The van der Waals surface area contributed by atoms with Gasteiger partial charge in [-0.25, -0.2) is 0 Å². The van der Waals surface area contributed by atoms with Gasteiger partial charge < -0.3 is 15.4 Å².